The Morgan fingerprint density at radius 3 is 2.30 bits per heavy atom. The van der Waals surface area contributed by atoms with E-state index in [-0.39, 0.29) is 36.6 Å². The van der Waals surface area contributed by atoms with Crippen LogP contribution in [0.1, 0.15) is 46.0 Å². The van der Waals surface area contributed by atoms with Crippen LogP contribution in [0.15, 0.2) is 48.5 Å². The molecule has 7 nitrogen and oxygen atoms in total. The lowest BCUT2D eigenvalue weighted by atomic mass is 10.1. The summed E-state index contributed by atoms with van der Waals surface area (Å²) in [5, 5.41) is 2.80. The first-order valence-electron chi connectivity index (χ1n) is 10.2. The third kappa shape index (κ3) is 3.36. The van der Waals surface area contributed by atoms with E-state index in [1.54, 1.807) is 29.2 Å². The predicted octanol–water partition coefficient (Wildman–Crippen LogP) is 2.16. The average Bonchev–Trinajstić information content (AvgIpc) is 3.26. The molecule has 0 fully saturated rings. The van der Waals surface area contributed by atoms with E-state index in [0.29, 0.717) is 30.5 Å². The van der Waals surface area contributed by atoms with E-state index in [9.17, 15) is 19.2 Å². The van der Waals surface area contributed by atoms with Crippen molar-refractivity contribution in [3.8, 4) is 0 Å². The molecule has 2 heterocycles. The van der Waals surface area contributed by atoms with Gasteiger partial charge in [0.25, 0.3) is 11.8 Å². The SMILES string of the molecule is CCNC(=O)C1Cc2ccccc2N1C(=O)CCCN1C(=O)c2ccccc2C1=O. The van der Waals surface area contributed by atoms with Gasteiger partial charge in [-0.25, -0.2) is 0 Å². The molecule has 0 radical (unpaired) electrons. The largest absolute Gasteiger partial charge is 0.355 e. The molecule has 0 saturated heterocycles. The second-order valence-electron chi connectivity index (χ2n) is 7.42. The van der Waals surface area contributed by atoms with Crippen LogP contribution in [-0.4, -0.2) is 47.7 Å². The summed E-state index contributed by atoms with van der Waals surface area (Å²) in [7, 11) is 0. The molecule has 4 amide bonds. The quantitative estimate of drug-likeness (QED) is 0.746. The van der Waals surface area contributed by atoms with Gasteiger partial charge in [-0.05, 0) is 37.1 Å². The van der Waals surface area contributed by atoms with Crippen LogP contribution < -0.4 is 10.2 Å². The number of hydrogen-bond donors (Lipinski definition) is 1. The molecule has 1 unspecified atom stereocenters. The highest BCUT2D eigenvalue weighted by atomic mass is 16.2. The van der Waals surface area contributed by atoms with Gasteiger partial charge in [0.15, 0.2) is 0 Å². The topological polar surface area (TPSA) is 86.8 Å². The fourth-order valence-corrected chi connectivity index (χ4v) is 4.15. The first-order valence-corrected chi connectivity index (χ1v) is 10.2. The summed E-state index contributed by atoms with van der Waals surface area (Å²) < 4.78 is 0. The molecule has 0 aromatic heterocycles. The molecule has 30 heavy (non-hydrogen) atoms. The number of nitrogens with zero attached hydrogens (tertiary/aromatic N) is 2. The van der Waals surface area contributed by atoms with E-state index in [1.807, 2.05) is 31.2 Å². The summed E-state index contributed by atoms with van der Waals surface area (Å²) in [5.41, 5.74) is 2.51. The lowest BCUT2D eigenvalue weighted by Crippen LogP contribution is -2.48. The lowest BCUT2D eigenvalue weighted by molar-refractivity contribution is -0.126. The maximum atomic E-state index is 13.0. The molecule has 1 N–H and O–H groups in total. The molecule has 0 aliphatic carbocycles. The van der Waals surface area contributed by atoms with Crippen molar-refractivity contribution >= 4 is 29.3 Å². The van der Waals surface area contributed by atoms with E-state index < -0.39 is 6.04 Å². The van der Waals surface area contributed by atoms with Crippen LogP contribution in [0.25, 0.3) is 0 Å². The van der Waals surface area contributed by atoms with Gasteiger partial charge < -0.3 is 5.32 Å². The number of imide groups is 1. The zero-order valence-corrected chi connectivity index (χ0v) is 16.8. The van der Waals surface area contributed by atoms with Crippen molar-refractivity contribution in [2.24, 2.45) is 0 Å². The number of para-hydroxylation sites is 1. The van der Waals surface area contributed by atoms with Gasteiger partial charge in [0.2, 0.25) is 11.8 Å². The average molecular weight is 405 g/mol. The van der Waals surface area contributed by atoms with Crippen LogP contribution >= 0.6 is 0 Å². The van der Waals surface area contributed by atoms with Crippen LogP contribution in [0.4, 0.5) is 5.69 Å². The predicted molar refractivity (Wildman–Crippen MR) is 111 cm³/mol. The minimum absolute atomic E-state index is 0.137. The molecule has 1 atom stereocenters. The highest BCUT2D eigenvalue weighted by Gasteiger charge is 2.38. The number of hydrogen-bond acceptors (Lipinski definition) is 4. The number of rotatable bonds is 6. The highest BCUT2D eigenvalue weighted by Crippen LogP contribution is 2.33. The molecule has 154 valence electrons. The Hall–Kier alpha value is -3.48. The summed E-state index contributed by atoms with van der Waals surface area (Å²) in [6.07, 6.45) is 0.953. The Labute approximate surface area is 174 Å². The van der Waals surface area contributed by atoms with Crippen molar-refractivity contribution in [2.45, 2.75) is 32.2 Å². The minimum atomic E-state index is -0.575. The van der Waals surface area contributed by atoms with Crippen LogP contribution in [0, 0.1) is 0 Å². The van der Waals surface area contributed by atoms with Crippen LogP contribution in [0.3, 0.4) is 0 Å². The zero-order chi connectivity index (χ0) is 21.3. The van der Waals surface area contributed by atoms with Gasteiger partial charge >= 0.3 is 0 Å². The summed E-state index contributed by atoms with van der Waals surface area (Å²) in [4.78, 5) is 53.3. The molecule has 0 saturated carbocycles. The van der Waals surface area contributed by atoms with Gasteiger partial charge in [0.1, 0.15) is 6.04 Å². The molecule has 2 aliphatic heterocycles. The van der Waals surface area contributed by atoms with Crippen LogP contribution in [0.2, 0.25) is 0 Å². The highest BCUT2D eigenvalue weighted by molar-refractivity contribution is 6.21. The number of nitrogens with one attached hydrogen (secondary N) is 1. The zero-order valence-electron chi connectivity index (χ0n) is 16.8. The van der Waals surface area contributed by atoms with E-state index >= 15 is 0 Å². The summed E-state index contributed by atoms with van der Waals surface area (Å²) >= 11 is 0. The Morgan fingerprint density at radius 1 is 1.00 bits per heavy atom. The molecule has 0 spiro atoms. The second kappa shape index (κ2) is 8.10. The molecule has 7 heteroatoms. The number of carbonyl (C=O) groups is 4. The van der Waals surface area contributed by atoms with Gasteiger partial charge in [-0.2, -0.15) is 0 Å². The van der Waals surface area contributed by atoms with E-state index in [0.717, 1.165) is 11.3 Å². The molecule has 0 bridgehead atoms. The normalized spacial score (nSPS) is 17.2. The Morgan fingerprint density at radius 2 is 1.63 bits per heavy atom. The van der Waals surface area contributed by atoms with E-state index in [2.05, 4.69) is 5.32 Å². The number of amides is 4. The van der Waals surface area contributed by atoms with Gasteiger partial charge in [-0.3, -0.25) is 29.0 Å². The fraction of sp³-hybridized carbons (Fsp3) is 0.304. The van der Waals surface area contributed by atoms with Crippen molar-refractivity contribution in [3.63, 3.8) is 0 Å². The molecule has 2 aliphatic rings. The summed E-state index contributed by atoms with van der Waals surface area (Å²) in [5.74, 6) is -1.01. The molecule has 2 aromatic carbocycles. The van der Waals surface area contributed by atoms with Crippen molar-refractivity contribution in [1.82, 2.24) is 10.2 Å². The van der Waals surface area contributed by atoms with Gasteiger partial charge in [-0.15, -0.1) is 0 Å². The monoisotopic (exact) mass is 405 g/mol. The first kappa shape index (κ1) is 19.8. The number of benzene rings is 2. The molecular weight excluding hydrogens is 382 g/mol. The molecule has 2 aromatic rings. The first-order chi connectivity index (χ1) is 14.5. The second-order valence-corrected chi connectivity index (χ2v) is 7.42. The maximum absolute atomic E-state index is 13.0. The molecule has 4 rings (SSSR count). The van der Waals surface area contributed by atoms with Gasteiger partial charge in [-0.1, -0.05) is 30.3 Å². The number of fused-ring (bicyclic) bond motifs is 2. The van der Waals surface area contributed by atoms with Crippen molar-refractivity contribution in [1.29, 1.82) is 0 Å². The Bertz CT molecular complexity index is 998. The van der Waals surface area contributed by atoms with Crippen LogP contribution in [0.5, 0.6) is 0 Å². The molecular formula is C23H23N3O4. The third-order valence-corrected chi connectivity index (χ3v) is 5.55. The van der Waals surface area contributed by atoms with E-state index in [1.165, 1.54) is 4.90 Å². The van der Waals surface area contributed by atoms with Gasteiger partial charge in [0.05, 0.1) is 11.1 Å². The lowest BCUT2D eigenvalue weighted by Gasteiger charge is -2.25. The van der Waals surface area contributed by atoms with Crippen LogP contribution in [-0.2, 0) is 16.0 Å². The Kier molecular flexibility index (Phi) is 5.35. The van der Waals surface area contributed by atoms with Crippen molar-refractivity contribution in [3.05, 3.63) is 65.2 Å². The maximum Gasteiger partial charge on any atom is 0.261 e. The minimum Gasteiger partial charge on any atom is -0.355 e. The summed E-state index contributed by atoms with van der Waals surface area (Å²) in [6, 6.07) is 13.7. The fourth-order valence-electron chi connectivity index (χ4n) is 4.15. The van der Waals surface area contributed by atoms with Gasteiger partial charge in [0, 0.05) is 31.6 Å². The Balaban J connectivity index is 1.44. The third-order valence-electron chi connectivity index (χ3n) is 5.55. The number of likely N-dealkylation sites (N-methyl/N-ethyl adjacent to an activating group) is 1. The van der Waals surface area contributed by atoms with E-state index in [4.69, 9.17) is 0 Å². The smallest absolute Gasteiger partial charge is 0.261 e. The number of carbonyl (C=O) groups excluding carboxylic acids is 4. The standard InChI is InChI=1S/C23H23N3O4/c1-2-24-21(28)19-14-15-8-3-6-11-18(15)26(19)20(27)12-7-13-25-22(29)16-9-4-5-10-17(16)23(25)30/h3-6,8-11,19H,2,7,12-14H2,1H3,(H,24,28). The number of anilines is 1. The van der Waals surface area contributed by atoms with Crippen molar-refractivity contribution in [2.75, 3.05) is 18.0 Å². The summed E-state index contributed by atoms with van der Waals surface area (Å²) in [6.45, 7) is 2.50. The van der Waals surface area contributed by atoms with Crippen molar-refractivity contribution < 1.29 is 19.2 Å².